The molecule has 0 spiro atoms. The van der Waals surface area contributed by atoms with Gasteiger partial charge in [0.05, 0.1) is 37.2 Å². The highest BCUT2D eigenvalue weighted by Gasteiger charge is 2.36. The molecule has 1 atom stereocenters. The third kappa shape index (κ3) is 4.38. The van der Waals surface area contributed by atoms with Crippen molar-refractivity contribution in [2.45, 2.75) is 52.5 Å². The molecule has 0 radical (unpaired) electrons. The van der Waals surface area contributed by atoms with E-state index in [4.69, 9.17) is 0 Å². The average molecular weight is 369 g/mol. The lowest BCUT2D eigenvalue weighted by atomic mass is 9.74. The van der Waals surface area contributed by atoms with Gasteiger partial charge in [0.25, 0.3) is 0 Å². The minimum Gasteiger partial charge on any atom is -0.469 e. The number of benzene rings is 1. The fourth-order valence-electron chi connectivity index (χ4n) is 3.66. The molecule has 27 heavy (non-hydrogen) atoms. The van der Waals surface area contributed by atoms with E-state index >= 15 is 0 Å². The molecule has 0 bridgehead atoms. The number of methoxy groups -OCH3 is 1. The van der Waals surface area contributed by atoms with Crippen LogP contribution in [0.2, 0.25) is 0 Å². The van der Waals surface area contributed by atoms with Crippen LogP contribution in [0.15, 0.2) is 30.5 Å². The first-order valence-corrected chi connectivity index (χ1v) is 9.29. The summed E-state index contributed by atoms with van der Waals surface area (Å²) in [6.07, 6.45) is 3.81. The monoisotopic (exact) mass is 369 g/mol. The summed E-state index contributed by atoms with van der Waals surface area (Å²) < 4.78 is 6.58. The molecule has 0 saturated heterocycles. The molecule has 1 aromatic carbocycles. The van der Waals surface area contributed by atoms with Crippen molar-refractivity contribution in [1.82, 2.24) is 15.1 Å². The number of esters is 1. The Morgan fingerprint density at radius 3 is 2.63 bits per heavy atom. The highest BCUT2D eigenvalue weighted by atomic mass is 16.5. The number of nitrogens with zero attached hydrogens (tertiary/aromatic N) is 2. The zero-order valence-corrected chi connectivity index (χ0v) is 16.4. The Hall–Kier alpha value is -2.63. The van der Waals surface area contributed by atoms with Gasteiger partial charge in [-0.25, -0.2) is 4.68 Å². The van der Waals surface area contributed by atoms with Crippen molar-refractivity contribution in [2.75, 3.05) is 7.11 Å². The van der Waals surface area contributed by atoms with Gasteiger partial charge in [-0.3, -0.25) is 9.59 Å². The van der Waals surface area contributed by atoms with Gasteiger partial charge in [-0.1, -0.05) is 31.5 Å². The standard InChI is InChI=1S/C21H27N3O3/c1-14-5-7-15(8-6-14)24-18-12-21(2,3)11-17(16(18)13-22-24)23-19(25)9-10-20(26)27-4/h5-8,13,17H,9-12H2,1-4H3,(H,23,25). The fraction of sp³-hybridized carbons (Fsp3) is 0.476. The summed E-state index contributed by atoms with van der Waals surface area (Å²) in [6, 6.07) is 8.17. The van der Waals surface area contributed by atoms with Crippen molar-refractivity contribution in [1.29, 1.82) is 0 Å². The predicted octanol–water partition coefficient (Wildman–Crippen LogP) is 3.26. The number of hydrogen-bond acceptors (Lipinski definition) is 4. The minimum absolute atomic E-state index is 0.0375. The Morgan fingerprint density at radius 2 is 1.96 bits per heavy atom. The lowest BCUT2D eigenvalue weighted by Gasteiger charge is -2.36. The summed E-state index contributed by atoms with van der Waals surface area (Å²) in [5.41, 5.74) is 4.45. The van der Waals surface area contributed by atoms with E-state index < -0.39 is 0 Å². The molecular formula is C21H27N3O3. The largest absolute Gasteiger partial charge is 0.469 e. The number of nitrogens with one attached hydrogen (secondary N) is 1. The van der Waals surface area contributed by atoms with Crippen LogP contribution in [0.25, 0.3) is 5.69 Å². The van der Waals surface area contributed by atoms with E-state index in [9.17, 15) is 9.59 Å². The Morgan fingerprint density at radius 1 is 1.26 bits per heavy atom. The normalized spacial score (nSPS) is 17.9. The van der Waals surface area contributed by atoms with Crippen LogP contribution in [-0.2, 0) is 20.7 Å². The average Bonchev–Trinajstić information content (AvgIpc) is 3.03. The first-order chi connectivity index (χ1) is 12.8. The maximum absolute atomic E-state index is 12.3. The van der Waals surface area contributed by atoms with Crippen LogP contribution in [0.3, 0.4) is 0 Å². The second kappa shape index (κ2) is 7.55. The van der Waals surface area contributed by atoms with Gasteiger partial charge in [0.2, 0.25) is 5.91 Å². The van der Waals surface area contributed by atoms with Crippen LogP contribution in [-0.4, -0.2) is 28.8 Å². The number of hydrogen-bond donors (Lipinski definition) is 1. The Kier molecular flexibility index (Phi) is 5.35. The molecule has 0 fully saturated rings. The van der Waals surface area contributed by atoms with Crippen molar-refractivity contribution in [3.63, 3.8) is 0 Å². The Labute approximate surface area is 159 Å². The van der Waals surface area contributed by atoms with E-state index in [1.54, 1.807) is 0 Å². The molecule has 0 aliphatic heterocycles. The number of carbonyl (C=O) groups excluding carboxylic acids is 2. The number of amides is 1. The predicted molar refractivity (Wildman–Crippen MR) is 103 cm³/mol. The Balaban J connectivity index is 1.83. The van der Waals surface area contributed by atoms with Crippen LogP contribution in [0.1, 0.15) is 56.0 Å². The smallest absolute Gasteiger partial charge is 0.306 e. The summed E-state index contributed by atoms with van der Waals surface area (Å²) in [5, 5.41) is 7.68. The molecule has 144 valence electrons. The maximum Gasteiger partial charge on any atom is 0.306 e. The lowest BCUT2D eigenvalue weighted by Crippen LogP contribution is -2.36. The quantitative estimate of drug-likeness (QED) is 0.821. The summed E-state index contributed by atoms with van der Waals surface area (Å²) in [6.45, 7) is 6.47. The van der Waals surface area contributed by atoms with Gasteiger partial charge >= 0.3 is 5.97 Å². The summed E-state index contributed by atoms with van der Waals surface area (Å²) in [5.74, 6) is -0.515. The first kappa shape index (κ1) is 19.1. The summed E-state index contributed by atoms with van der Waals surface area (Å²) in [7, 11) is 1.33. The second-order valence-corrected chi connectivity index (χ2v) is 8.04. The van der Waals surface area contributed by atoms with Gasteiger partial charge in [-0.05, 0) is 37.3 Å². The molecule has 1 unspecified atom stereocenters. The number of fused-ring (bicyclic) bond motifs is 1. The third-order valence-electron chi connectivity index (χ3n) is 5.08. The summed E-state index contributed by atoms with van der Waals surface area (Å²) >= 11 is 0. The fourth-order valence-corrected chi connectivity index (χ4v) is 3.66. The van der Waals surface area contributed by atoms with Gasteiger partial charge in [0, 0.05) is 12.0 Å². The van der Waals surface area contributed by atoms with Crippen molar-refractivity contribution in [3.05, 3.63) is 47.3 Å². The van der Waals surface area contributed by atoms with E-state index in [-0.39, 0.29) is 36.2 Å². The zero-order chi connectivity index (χ0) is 19.6. The van der Waals surface area contributed by atoms with E-state index in [1.165, 1.54) is 12.7 Å². The molecule has 1 aromatic heterocycles. The van der Waals surface area contributed by atoms with E-state index in [2.05, 4.69) is 60.2 Å². The lowest BCUT2D eigenvalue weighted by molar-refractivity contribution is -0.142. The topological polar surface area (TPSA) is 73.2 Å². The van der Waals surface area contributed by atoms with Crippen LogP contribution in [0.4, 0.5) is 0 Å². The van der Waals surface area contributed by atoms with Gasteiger partial charge in [0.1, 0.15) is 0 Å². The molecule has 1 heterocycles. The number of carbonyl (C=O) groups is 2. The van der Waals surface area contributed by atoms with Crippen molar-refractivity contribution in [2.24, 2.45) is 5.41 Å². The Bertz CT molecular complexity index is 837. The van der Waals surface area contributed by atoms with Crippen LogP contribution < -0.4 is 5.32 Å². The van der Waals surface area contributed by atoms with E-state index in [0.717, 1.165) is 29.8 Å². The molecular weight excluding hydrogens is 342 g/mol. The number of rotatable bonds is 5. The van der Waals surface area contributed by atoms with Crippen LogP contribution in [0.5, 0.6) is 0 Å². The minimum atomic E-state index is -0.373. The van der Waals surface area contributed by atoms with Crippen molar-refractivity contribution in [3.8, 4) is 5.69 Å². The number of aromatic nitrogens is 2. The van der Waals surface area contributed by atoms with Crippen LogP contribution in [0, 0.1) is 12.3 Å². The van der Waals surface area contributed by atoms with Gasteiger partial charge < -0.3 is 10.1 Å². The number of aryl methyl sites for hydroxylation is 1. The van der Waals surface area contributed by atoms with Crippen molar-refractivity contribution < 1.29 is 14.3 Å². The van der Waals surface area contributed by atoms with Gasteiger partial charge in [-0.2, -0.15) is 5.10 Å². The number of ether oxygens (including phenoxy) is 1. The SMILES string of the molecule is COC(=O)CCC(=O)NC1CC(C)(C)Cc2c1cnn2-c1ccc(C)cc1. The van der Waals surface area contributed by atoms with E-state index in [0.29, 0.717) is 0 Å². The zero-order valence-electron chi connectivity index (χ0n) is 16.4. The molecule has 0 saturated carbocycles. The van der Waals surface area contributed by atoms with Crippen LogP contribution >= 0.6 is 0 Å². The van der Waals surface area contributed by atoms with Crippen molar-refractivity contribution >= 4 is 11.9 Å². The molecule has 2 aromatic rings. The molecule has 3 rings (SSSR count). The van der Waals surface area contributed by atoms with Gasteiger partial charge in [0.15, 0.2) is 0 Å². The highest BCUT2D eigenvalue weighted by Crippen LogP contribution is 2.41. The first-order valence-electron chi connectivity index (χ1n) is 9.29. The molecule has 1 aliphatic carbocycles. The molecule has 1 amide bonds. The molecule has 1 N–H and O–H groups in total. The van der Waals surface area contributed by atoms with E-state index in [1.807, 2.05) is 10.9 Å². The third-order valence-corrected chi connectivity index (χ3v) is 5.08. The maximum atomic E-state index is 12.3. The molecule has 6 heteroatoms. The summed E-state index contributed by atoms with van der Waals surface area (Å²) in [4.78, 5) is 23.6. The molecule has 6 nitrogen and oxygen atoms in total. The molecule has 1 aliphatic rings. The van der Waals surface area contributed by atoms with Gasteiger partial charge in [-0.15, -0.1) is 0 Å². The second-order valence-electron chi connectivity index (χ2n) is 8.04. The highest BCUT2D eigenvalue weighted by molar-refractivity contribution is 5.81.